The molecule has 5 heteroatoms. The number of hydrazone groups is 1. The molecule has 1 aliphatic heterocycles. The van der Waals surface area contributed by atoms with Gasteiger partial charge in [-0.3, -0.25) is 4.79 Å². The zero-order valence-electron chi connectivity index (χ0n) is 13.1. The van der Waals surface area contributed by atoms with Gasteiger partial charge in [-0.25, -0.2) is 9.80 Å². The predicted octanol–water partition coefficient (Wildman–Crippen LogP) is 3.19. The van der Waals surface area contributed by atoms with E-state index in [0.29, 0.717) is 17.8 Å². The zero-order chi connectivity index (χ0) is 17.1. The van der Waals surface area contributed by atoms with Crippen molar-refractivity contribution >= 4 is 23.7 Å². The summed E-state index contributed by atoms with van der Waals surface area (Å²) in [5.41, 5.74) is 3.16. The molecular weight excluding hydrogens is 304 g/mol. The molecule has 0 spiro atoms. The summed E-state index contributed by atoms with van der Waals surface area (Å²) in [6.45, 7) is 2.21. The minimum absolute atomic E-state index is 0.154. The fourth-order valence-electron chi connectivity index (χ4n) is 2.49. The molecule has 0 fully saturated rings. The van der Waals surface area contributed by atoms with Crippen LogP contribution in [0.15, 0.2) is 65.3 Å². The molecule has 24 heavy (non-hydrogen) atoms. The van der Waals surface area contributed by atoms with Gasteiger partial charge in [0.15, 0.2) is 0 Å². The first-order valence-electron chi connectivity index (χ1n) is 7.51. The molecule has 0 radical (unpaired) electrons. The number of carboxylic acid groups (broad SMARTS) is 1. The van der Waals surface area contributed by atoms with E-state index in [1.807, 2.05) is 30.3 Å². The summed E-state index contributed by atoms with van der Waals surface area (Å²) < 4.78 is 0. The zero-order valence-corrected chi connectivity index (χ0v) is 13.1. The highest BCUT2D eigenvalue weighted by molar-refractivity contribution is 6.26. The highest BCUT2D eigenvalue weighted by Crippen LogP contribution is 2.20. The topological polar surface area (TPSA) is 70.0 Å². The van der Waals surface area contributed by atoms with E-state index in [1.54, 1.807) is 25.1 Å². The van der Waals surface area contributed by atoms with E-state index in [4.69, 9.17) is 5.11 Å². The number of rotatable bonds is 4. The number of carboxylic acids is 1. The molecule has 1 N–H and O–H groups in total. The van der Waals surface area contributed by atoms with E-state index in [1.165, 1.54) is 17.1 Å². The Hall–Kier alpha value is -3.21. The Morgan fingerprint density at radius 3 is 2.42 bits per heavy atom. The van der Waals surface area contributed by atoms with Crippen molar-refractivity contribution in [3.63, 3.8) is 0 Å². The van der Waals surface area contributed by atoms with E-state index in [2.05, 4.69) is 5.10 Å². The van der Waals surface area contributed by atoms with Crippen LogP contribution in [0.1, 0.15) is 28.4 Å². The van der Waals surface area contributed by atoms with Crippen molar-refractivity contribution in [1.82, 2.24) is 5.01 Å². The highest BCUT2D eigenvalue weighted by atomic mass is 16.4. The van der Waals surface area contributed by atoms with E-state index in [0.717, 1.165) is 11.1 Å². The number of carbonyl (C=O) groups is 2. The summed E-state index contributed by atoms with van der Waals surface area (Å²) in [6.07, 6.45) is 1.73. The Morgan fingerprint density at radius 2 is 1.79 bits per heavy atom. The number of amides is 1. The van der Waals surface area contributed by atoms with Crippen LogP contribution in [-0.2, 0) is 11.3 Å². The molecule has 1 heterocycles. The molecule has 0 aliphatic carbocycles. The van der Waals surface area contributed by atoms with E-state index >= 15 is 0 Å². The third-order valence-electron chi connectivity index (χ3n) is 3.77. The minimum Gasteiger partial charge on any atom is -0.478 e. The van der Waals surface area contributed by atoms with Crippen LogP contribution < -0.4 is 0 Å². The monoisotopic (exact) mass is 320 g/mol. The number of hydrogen-bond donors (Lipinski definition) is 1. The average Bonchev–Trinajstić information content (AvgIpc) is 2.84. The van der Waals surface area contributed by atoms with Crippen LogP contribution in [0.4, 0.5) is 0 Å². The largest absolute Gasteiger partial charge is 0.478 e. The Kier molecular flexibility index (Phi) is 4.24. The van der Waals surface area contributed by atoms with Crippen LogP contribution in [0.5, 0.6) is 0 Å². The second-order valence-electron chi connectivity index (χ2n) is 5.52. The fourth-order valence-corrected chi connectivity index (χ4v) is 2.49. The van der Waals surface area contributed by atoms with Crippen molar-refractivity contribution in [1.29, 1.82) is 0 Å². The van der Waals surface area contributed by atoms with Crippen molar-refractivity contribution < 1.29 is 14.7 Å². The van der Waals surface area contributed by atoms with Gasteiger partial charge in [-0.15, -0.1) is 0 Å². The lowest BCUT2D eigenvalue weighted by Gasteiger charge is -2.11. The second-order valence-corrected chi connectivity index (χ2v) is 5.52. The molecule has 3 rings (SSSR count). The van der Waals surface area contributed by atoms with Crippen LogP contribution in [0, 0.1) is 0 Å². The first kappa shape index (κ1) is 15.7. The van der Waals surface area contributed by atoms with Gasteiger partial charge in [-0.2, -0.15) is 5.10 Å². The maximum atomic E-state index is 12.5. The van der Waals surface area contributed by atoms with Crippen LogP contribution in [0.3, 0.4) is 0 Å². The van der Waals surface area contributed by atoms with Crippen LogP contribution in [0.2, 0.25) is 0 Å². The molecule has 0 atom stereocenters. The lowest BCUT2D eigenvalue weighted by Crippen LogP contribution is -2.21. The van der Waals surface area contributed by atoms with Crippen molar-refractivity contribution in [3.05, 3.63) is 76.9 Å². The van der Waals surface area contributed by atoms with Gasteiger partial charge in [0.25, 0.3) is 5.91 Å². The number of nitrogens with zero attached hydrogens (tertiary/aromatic N) is 2. The fraction of sp³-hybridized carbons (Fsp3) is 0.105. The van der Waals surface area contributed by atoms with Gasteiger partial charge in [0.2, 0.25) is 0 Å². The summed E-state index contributed by atoms with van der Waals surface area (Å²) in [7, 11) is 0. The average molecular weight is 320 g/mol. The van der Waals surface area contributed by atoms with E-state index < -0.39 is 5.97 Å². The second kappa shape index (κ2) is 6.50. The van der Waals surface area contributed by atoms with Crippen molar-refractivity contribution in [2.75, 3.05) is 0 Å². The summed E-state index contributed by atoms with van der Waals surface area (Å²) >= 11 is 0. The third-order valence-corrected chi connectivity index (χ3v) is 3.77. The summed E-state index contributed by atoms with van der Waals surface area (Å²) in [6, 6.07) is 16.1. The van der Waals surface area contributed by atoms with Gasteiger partial charge in [0, 0.05) is 0 Å². The maximum Gasteiger partial charge on any atom is 0.335 e. The first-order chi connectivity index (χ1) is 11.5. The molecular formula is C19H16N2O3. The Morgan fingerprint density at radius 1 is 1.12 bits per heavy atom. The van der Waals surface area contributed by atoms with Gasteiger partial charge in [0.05, 0.1) is 23.4 Å². The Balaban J connectivity index is 1.80. The number of aromatic carboxylic acids is 1. The molecule has 2 aromatic carbocycles. The molecule has 5 nitrogen and oxygen atoms in total. The molecule has 0 bridgehead atoms. The molecule has 1 amide bonds. The molecule has 0 aromatic heterocycles. The molecule has 0 unspecified atom stereocenters. The van der Waals surface area contributed by atoms with Gasteiger partial charge < -0.3 is 5.11 Å². The predicted molar refractivity (Wildman–Crippen MR) is 91.5 cm³/mol. The smallest absolute Gasteiger partial charge is 0.335 e. The van der Waals surface area contributed by atoms with Gasteiger partial charge in [-0.1, -0.05) is 42.5 Å². The summed E-state index contributed by atoms with van der Waals surface area (Å²) in [4.78, 5) is 23.4. The van der Waals surface area contributed by atoms with E-state index in [-0.39, 0.29) is 11.5 Å². The quantitative estimate of drug-likeness (QED) is 0.880. The van der Waals surface area contributed by atoms with Crippen LogP contribution >= 0.6 is 0 Å². The third kappa shape index (κ3) is 3.25. The van der Waals surface area contributed by atoms with Crippen LogP contribution in [0.25, 0.3) is 6.08 Å². The number of benzene rings is 2. The van der Waals surface area contributed by atoms with Crippen molar-refractivity contribution in [2.45, 2.75) is 13.5 Å². The molecule has 0 saturated heterocycles. The maximum absolute atomic E-state index is 12.5. The van der Waals surface area contributed by atoms with Crippen LogP contribution in [-0.4, -0.2) is 27.7 Å². The Labute approximate surface area is 139 Å². The molecule has 120 valence electrons. The summed E-state index contributed by atoms with van der Waals surface area (Å²) in [5, 5.41) is 14.7. The normalized spacial score (nSPS) is 15.7. The number of hydrogen-bond acceptors (Lipinski definition) is 3. The van der Waals surface area contributed by atoms with Gasteiger partial charge in [0.1, 0.15) is 0 Å². The first-order valence-corrected chi connectivity index (χ1v) is 7.51. The molecule has 1 aliphatic rings. The van der Waals surface area contributed by atoms with Crippen molar-refractivity contribution in [3.8, 4) is 0 Å². The van der Waals surface area contributed by atoms with Crippen molar-refractivity contribution in [2.24, 2.45) is 5.10 Å². The highest BCUT2D eigenvalue weighted by Gasteiger charge is 2.27. The number of carbonyl (C=O) groups excluding carboxylic acids is 1. The van der Waals surface area contributed by atoms with Gasteiger partial charge >= 0.3 is 5.97 Å². The Bertz CT molecular complexity index is 837. The standard InChI is InChI=1S/C19H16N2O3/c1-13-17(11-14-7-9-16(10-8-14)19(23)24)18(22)21(20-13)12-15-5-3-2-4-6-15/h2-11H,12H2,1H3,(H,23,24)/b17-11-. The summed E-state index contributed by atoms with van der Waals surface area (Å²) in [5.74, 6) is -1.13. The molecule has 0 saturated carbocycles. The van der Waals surface area contributed by atoms with E-state index in [9.17, 15) is 9.59 Å². The SMILES string of the molecule is CC1=NN(Cc2ccccc2)C(=O)/C1=C\c1ccc(C(=O)O)cc1. The lowest BCUT2D eigenvalue weighted by atomic mass is 10.1. The molecule has 2 aromatic rings. The lowest BCUT2D eigenvalue weighted by molar-refractivity contribution is -0.126. The minimum atomic E-state index is -0.974. The van der Waals surface area contributed by atoms with Gasteiger partial charge in [-0.05, 0) is 36.3 Å².